The van der Waals surface area contributed by atoms with E-state index in [0.29, 0.717) is 65.6 Å². The Bertz CT molecular complexity index is 3860. The number of nitrogens with one attached hydrogen (secondary N) is 1. The van der Waals surface area contributed by atoms with Crippen molar-refractivity contribution in [1.29, 1.82) is 0 Å². The number of piperidine rings is 1. The Labute approximate surface area is 547 Å². The number of β-amino-alcohol motifs (C(OH)–C–C–N with tert-alkyl or cyclic N) is 1. The molecule has 93 heavy (non-hydrogen) atoms. The summed E-state index contributed by atoms with van der Waals surface area (Å²) in [5.74, 6) is 1.40. The van der Waals surface area contributed by atoms with Crippen LogP contribution in [0.1, 0.15) is 134 Å². The van der Waals surface area contributed by atoms with Crippen LogP contribution in [0.4, 0.5) is 20.8 Å². The molecule has 22 heteroatoms. The van der Waals surface area contributed by atoms with E-state index in [2.05, 4.69) is 43.1 Å². The molecule has 9 heterocycles. The van der Waals surface area contributed by atoms with Crippen LogP contribution in [-0.2, 0) is 25.5 Å². The molecule has 20 nitrogen and oxygen atoms in total. The SMILES string of the molecule is CCc1cccc2cc(OCOC)cc(-c3ncc4c(N5CC6CCC(C5)N6C(=O)OC(C)(C)C)nc(OCC5(CN6CCC(CC7CN(c8cc([C@H](C(=O)N9C[C@H](O)C[C@H]9C(=O)N[C@@H](C)c9ccc(-c%10scnc%10C)cc9)C(C)C)on8)C7)CC6)CC5)nc4c3F)c12. The maximum Gasteiger partial charge on any atom is 0.410 e. The second-order valence-electron chi connectivity index (χ2n) is 28.4. The lowest BCUT2D eigenvalue weighted by atomic mass is 9.83. The predicted molar refractivity (Wildman–Crippen MR) is 355 cm³/mol. The number of aliphatic hydroxyl groups is 1. The number of anilines is 2. The number of aliphatic hydroxyl groups excluding tert-OH is 1. The second kappa shape index (κ2) is 26.3. The standard InChI is InChI=1S/C71H88FN11O9S/c1-10-46-12-11-13-49-27-53(90-40-88-9)29-54(60(46)49)62-61(72)63-55(31-73-62)65(81-34-50-18-19-51(35-81)83(50)69(87)91-70(6,7)8)77-68(76-63)89-38-71(22-23-71)37-79-24-20-44(21-25-79)26-45-32-80(33-45)58-30-57(92-78-58)59(41(2)3)67(86)82-36-52(84)28-56(82)66(85)75-42(4)47-14-16-48(17-15-47)64-43(5)74-39-93-64/h11-17,27,29-31,39,41-42,44-45,50-52,56,59,84H,10,18-26,28,32-38,40H2,1-9H3,(H,75,85)/t42-,50?,51?,52+,56-,59+/m0/s1. The zero-order valence-electron chi connectivity index (χ0n) is 55.0. The van der Waals surface area contributed by atoms with Crippen molar-refractivity contribution in [3.8, 4) is 33.5 Å². The number of pyridine rings is 1. The van der Waals surface area contributed by atoms with Gasteiger partial charge in [-0.15, -0.1) is 11.3 Å². The van der Waals surface area contributed by atoms with Gasteiger partial charge < -0.3 is 53.5 Å². The van der Waals surface area contributed by atoms with Crippen molar-refractivity contribution in [2.75, 3.05) is 82.7 Å². The van der Waals surface area contributed by atoms with E-state index in [-0.39, 0.29) is 84.3 Å². The van der Waals surface area contributed by atoms with E-state index in [1.165, 1.54) is 4.90 Å². The van der Waals surface area contributed by atoms with Gasteiger partial charge in [-0.1, -0.05) is 68.4 Å². The smallest absolute Gasteiger partial charge is 0.410 e. The number of hydrogen-bond donors (Lipinski definition) is 2. The molecule has 6 atom stereocenters. The number of fused-ring (bicyclic) bond motifs is 4. The Hall–Kier alpha value is -7.53. The molecule has 2 unspecified atom stereocenters. The van der Waals surface area contributed by atoms with E-state index in [9.17, 15) is 19.5 Å². The molecule has 2 N–H and O–H groups in total. The fourth-order valence-electron chi connectivity index (χ4n) is 15.0. The van der Waals surface area contributed by atoms with Crippen LogP contribution in [-0.4, -0.2) is 166 Å². The molecule has 1 aliphatic carbocycles. The predicted octanol–water partition coefficient (Wildman–Crippen LogP) is 11.5. The number of halogens is 1. The number of piperazine rings is 1. The maximum atomic E-state index is 17.8. The fourth-order valence-corrected chi connectivity index (χ4v) is 15.8. The molecular formula is C71H88FN11O9S. The summed E-state index contributed by atoms with van der Waals surface area (Å²) < 4.78 is 47.5. The number of carbonyl (C=O) groups is 3. The highest BCUT2D eigenvalue weighted by Crippen LogP contribution is 2.48. The van der Waals surface area contributed by atoms with Gasteiger partial charge in [0.05, 0.1) is 52.3 Å². The summed E-state index contributed by atoms with van der Waals surface area (Å²) in [6.45, 7) is 21.7. The molecule has 3 aromatic carbocycles. The number of aryl methyl sites for hydroxylation is 2. The van der Waals surface area contributed by atoms with Crippen LogP contribution < -0.4 is 24.6 Å². The van der Waals surface area contributed by atoms with Crippen LogP contribution in [0, 0.1) is 35.9 Å². The van der Waals surface area contributed by atoms with Crippen molar-refractivity contribution in [1.82, 2.24) is 45.1 Å². The minimum absolute atomic E-state index is 0.0296. The van der Waals surface area contributed by atoms with Gasteiger partial charge in [-0.3, -0.25) is 19.5 Å². The van der Waals surface area contributed by atoms with Crippen molar-refractivity contribution < 1.29 is 47.4 Å². The van der Waals surface area contributed by atoms with Gasteiger partial charge in [0.15, 0.2) is 24.2 Å². The van der Waals surface area contributed by atoms with Gasteiger partial charge in [0.2, 0.25) is 11.8 Å². The molecule has 4 aromatic heterocycles. The first-order valence-corrected chi connectivity index (χ1v) is 34.3. The average molecular weight is 1290 g/mol. The summed E-state index contributed by atoms with van der Waals surface area (Å²) in [5, 5.41) is 20.7. The summed E-state index contributed by atoms with van der Waals surface area (Å²) >= 11 is 1.59. The molecular weight excluding hydrogens is 1200 g/mol. The molecule has 6 aliphatic rings. The minimum atomic E-state index is -0.823. The Morgan fingerprint density at radius 2 is 1.66 bits per heavy atom. The number of carbonyl (C=O) groups excluding carboxylic acids is 3. The van der Waals surface area contributed by atoms with Crippen molar-refractivity contribution >= 4 is 62.6 Å². The van der Waals surface area contributed by atoms with E-state index >= 15 is 4.39 Å². The van der Waals surface area contributed by atoms with Crippen molar-refractivity contribution in [2.45, 2.75) is 155 Å². The summed E-state index contributed by atoms with van der Waals surface area (Å²) in [6.07, 6.45) is 8.43. The third-order valence-corrected chi connectivity index (χ3v) is 21.1. The lowest BCUT2D eigenvalue weighted by Crippen LogP contribution is -2.57. The summed E-state index contributed by atoms with van der Waals surface area (Å²) in [5.41, 5.74) is 6.03. The zero-order valence-corrected chi connectivity index (χ0v) is 55.8. The number of thiazole rings is 1. The number of aromatic nitrogens is 5. The Morgan fingerprint density at radius 3 is 2.33 bits per heavy atom. The average Bonchev–Trinajstić information content (AvgIpc) is 1.56. The van der Waals surface area contributed by atoms with Crippen LogP contribution in [0.15, 0.2) is 76.9 Å². The molecule has 1 saturated carbocycles. The Kier molecular flexibility index (Phi) is 18.2. The highest BCUT2D eigenvalue weighted by Gasteiger charge is 2.48. The molecule has 2 bridgehead atoms. The van der Waals surface area contributed by atoms with Crippen LogP contribution >= 0.6 is 11.3 Å². The number of rotatable bonds is 21. The molecule has 6 fully saturated rings. The topological polar surface area (TPSA) is 214 Å². The van der Waals surface area contributed by atoms with E-state index < -0.39 is 29.5 Å². The second-order valence-corrected chi connectivity index (χ2v) is 29.3. The first kappa shape index (κ1) is 64.2. The van der Waals surface area contributed by atoms with Gasteiger partial charge in [0.25, 0.3) is 0 Å². The fraction of sp³-hybridized carbons (Fsp3) is 0.549. The van der Waals surface area contributed by atoms with Gasteiger partial charge in [-0.05, 0) is 156 Å². The third-order valence-electron chi connectivity index (χ3n) is 20.1. The van der Waals surface area contributed by atoms with Gasteiger partial charge in [-0.2, -0.15) is 9.97 Å². The quantitative estimate of drug-likeness (QED) is 0.0640. The normalized spacial score (nSPS) is 21.6. The maximum absolute atomic E-state index is 17.8. The highest BCUT2D eigenvalue weighted by atomic mass is 32.1. The van der Waals surface area contributed by atoms with Crippen LogP contribution in [0.3, 0.4) is 0 Å². The van der Waals surface area contributed by atoms with E-state index in [4.69, 9.17) is 38.4 Å². The molecule has 5 saturated heterocycles. The van der Waals surface area contributed by atoms with Gasteiger partial charge >= 0.3 is 12.1 Å². The zero-order chi connectivity index (χ0) is 65.0. The lowest BCUT2D eigenvalue weighted by Gasteiger charge is -2.42. The molecule has 13 rings (SSSR count). The summed E-state index contributed by atoms with van der Waals surface area (Å²) in [4.78, 5) is 72.7. The molecule has 7 aromatic rings. The number of hydrogen-bond acceptors (Lipinski definition) is 18. The number of nitrogens with zero attached hydrogens (tertiary/aromatic N) is 10. The van der Waals surface area contributed by atoms with Crippen molar-refractivity contribution in [3.05, 3.63) is 101 Å². The van der Waals surface area contributed by atoms with E-state index in [0.717, 1.165) is 122 Å². The molecule has 494 valence electrons. The van der Waals surface area contributed by atoms with Gasteiger partial charge in [-0.25, -0.2) is 14.2 Å². The highest BCUT2D eigenvalue weighted by molar-refractivity contribution is 7.13. The van der Waals surface area contributed by atoms with E-state index in [1.54, 1.807) is 24.6 Å². The Morgan fingerprint density at radius 1 is 0.903 bits per heavy atom. The molecule has 3 amide bonds. The Balaban J connectivity index is 0.634. The minimum Gasteiger partial charge on any atom is -0.468 e. The van der Waals surface area contributed by atoms with Crippen molar-refractivity contribution in [2.24, 2.45) is 23.2 Å². The number of ether oxygens (including phenoxy) is 4. The largest absolute Gasteiger partial charge is 0.468 e. The first-order valence-electron chi connectivity index (χ1n) is 33.4. The van der Waals surface area contributed by atoms with Crippen LogP contribution in [0.25, 0.3) is 43.4 Å². The number of amides is 3. The number of methoxy groups -OCH3 is 1. The van der Waals surface area contributed by atoms with Crippen LogP contribution in [0.2, 0.25) is 0 Å². The van der Waals surface area contributed by atoms with E-state index in [1.807, 2.05) is 113 Å². The summed E-state index contributed by atoms with van der Waals surface area (Å²) in [6, 6.07) is 18.6. The van der Waals surface area contributed by atoms with Gasteiger partial charge in [0, 0.05) is 76.0 Å². The molecule has 0 radical (unpaired) electrons. The number of benzene rings is 3. The number of likely N-dealkylation sites (tertiary alicyclic amines) is 2. The molecule has 5 aliphatic heterocycles. The third kappa shape index (κ3) is 13.5. The van der Waals surface area contributed by atoms with Crippen LogP contribution in [0.5, 0.6) is 11.8 Å². The molecule has 0 spiro atoms. The van der Waals surface area contributed by atoms with Crippen molar-refractivity contribution in [3.63, 3.8) is 0 Å². The lowest BCUT2D eigenvalue weighted by molar-refractivity contribution is -0.141. The monoisotopic (exact) mass is 1290 g/mol. The summed E-state index contributed by atoms with van der Waals surface area (Å²) in [7, 11) is 1.56. The first-order chi connectivity index (χ1) is 44.7. The van der Waals surface area contributed by atoms with Gasteiger partial charge in [0.1, 0.15) is 40.3 Å².